The van der Waals surface area contributed by atoms with E-state index in [0.29, 0.717) is 17.7 Å². The lowest BCUT2D eigenvalue weighted by atomic mass is 9.95. The first-order chi connectivity index (χ1) is 11.5. The molecule has 0 bridgehead atoms. The van der Waals surface area contributed by atoms with Crippen LogP contribution >= 0.6 is 0 Å². The average molecular weight is 324 g/mol. The number of hydrogen-bond donors (Lipinski definition) is 2. The van der Waals surface area contributed by atoms with E-state index in [1.165, 1.54) is 0 Å². The van der Waals surface area contributed by atoms with Crippen molar-refractivity contribution in [2.24, 2.45) is 0 Å². The molecule has 0 unspecified atom stereocenters. The van der Waals surface area contributed by atoms with Crippen LogP contribution in [0.3, 0.4) is 0 Å². The molecule has 126 valence electrons. The van der Waals surface area contributed by atoms with Crippen molar-refractivity contribution in [2.45, 2.75) is 39.2 Å². The number of rotatable bonds is 6. The fourth-order valence-electron chi connectivity index (χ4n) is 2.61. The first-order valence-corrected chi connectivity index (χ1v) is 8.28. The zero-order valence-electron chi connectivity index (χ0n) is 14.4. The molecule has 0 radical (unpaired) electrons. The van der Waals surface area contributed by atoms with Crippen molar-refractivity contribution in [3.63, 3.8) is 0 Å². The predicted octanol–water partition coefficient (Wildman–Crippen LogP) is 3.96. The Bertz CT molecular complexity index is 696. The van der Waals surface area contributed by atoms with Gasteiger partial charge in [0.05, 0.1) is 17.2 Å². The average Bonchev–Trinajstić information content (AvgIpc) is 2.56. The first kappa shape index (κ1) is 17.7. The van der Waals surface area contributed by atoms with Crippen molar-refractivity contribution in [1.29, 1.82) is 0 Å². The summed E-state index contributed by atoms with van der Waals surface area (Å²) in [6.07, 6.45) is 0.691. The second-order valence-electron chi connectivity index (χ2n) is 6.03. The number of anilines is 1. The SMILES string of the molecule is CC[C@@H](C(=O)Nc1ccccc1C(=O)NC(C)C)c1ccccc1. The monoisotopic (exact) mass is 324 g/mol. The highest BCUT2D eigenvalue weighted by molar-refractivity contribution is 6.05. The van der Waals surface area contributed by atoms with Crippen LogP contribution in [0.25, 0.3) is 0 Å². The van der Waals surface area contributed by atoms with Crippen LogP contribution < -0.4 is 10.6 Å². The number of hydrogen-bond acceptors (Lipinski definition) is 2. The van der Waals surface area contributed by atoms with Crippen LogP contribution in [0.15, 0.2) is 54.6 Å². The fraction of sp³-hybridized carbons (Fsp3) is 0.300. The minimum absolute atomic E-state index is 0.0361. The maximum absolute atomic E-state index is 12.7. The Balaban J connectivity index is 2.21. The Hall–Kier alpha value is -2.62. The summed E-state index contributed by atoms with van der Waals surface area (Å²) in [6.45, 7) is 5.79. The van der Waals surface area contributed by atoms with Crippen LogP contribution in [0.4, 0.5) is 5.69 Å². The van der Waals surface area contributed by atoms with Gasteiger partial charge in [0.2, 0.25) is 5.91 Å². The maximum Gasteiger partial charge on any atom is 0.253 e. The topological polar surface area (TPSA) is 58.2 Å². The van der Waals surface area contributed by atoms with Gasteiger partial charge in [-0.05, 0) is 38.0 Å². The molecule has 0 spiro atoms. The lowest BCUT2D eigenvalue weighted by Crippen LogP contribution is -2.31. The van der Waals surface area contributed by atoms with Gasteiger partial charge >= 0.3 is 0 Å². The molecule has 4 nitrogen and oxygen atoms in total. The molecule has 0 fully saturated rings. The molecule has 24 heavy (non-hydrogen) atoms. The van der Waals surface area contributed by atoms with Gasteiger partial charge in [-0.25, -0.2) is 0 Å². The molecular weight excluding hydrogens is 300 g/mol. The summed E-state index contributed by atoms with van der Waals surface area (Å²) in [7, 11) is 0. The zero-order chi connectivity index (χ0) is 17.5. The van der Waals surface area contributed by atoms with Crippen molar-refractivity contribution in [1.82, 2.24) is 5.32 Å². The van der Waals surface area contributed by atoms with Crippen molar-refractivity contribution in [3.8, 4) is 0 Å². The summed E-state index contributed by atoms with van der Waals surface area (Å²) in [4.78, 5) is 25.0. The zero-order valence-corrected chi connectivity index (χ0v) is 14.4. The highest BCUT2D eigenvalue weighted by Gasteiger charge is 2.20. The van der Waals surface area contributed by atoms with Crippen LogP contribution in [-0.2, 0) is 4.79 Å². The van der Waals surface area contributed by atoms with Gasteiger partial charge in [-0.1, -0.05) is 49.4 Å². The van der Waals surface area contributed by atoms with Gasteiger partial charge in [0.1, 0.15) is 0 Å². The highest BCUT2D eigenvalue weighted by atomic mass is 16.2. The van der Waals surface area contributed by atoms with Crippen LogP contribution in [0.2, 0.25) is 0 Å². The molecule has 2 N–H and O–H groups in total. The first-order valence-electron chi connectivity index (χ1n) is 8.28. The summed E-state index contributed by atoms with van der Waals surface area (Å²) in [5.41, 5.74) is 1.99. The normalized spacial score (nSPS) is 11.8. The summed E-state index contributed by atoms with van der Waals surface area (Å²) in [6, 6.07) is 16.8. The third-order valence-corrected chi connectivity index (χ3v) is 3.78. The Morgan fingerprint density at radius 1 is 0.958 bits per heavy atom. The Morgan fingerprint density at radius 2 is 1.58 bits per heavy atom. The van der Waals surface area contributed by atoms with Crippen LogP contribution in [0.5, 0.6) is 0 Å². The van der Waals surface area contributed by atoms with E-state index in [2.05, 4.69) is 10.6 Å². The molecule has 4 heteroatoms. The Kier molecular flexibility index (Phi) is 6.13. The van der Waals surface area contributed by atoms with E-state index in [0.717, 1.165) is 5.56 Å². The molecule has 0 saturated heterocycles. The van der Waals surface area contributed by atoms with Crippen molar-refractivity contribution in [2.75, 3.05) is 5.32 Å². The van der Waals surface area contributed by atoms with Crippen LogP contribution in [0, 0.1) is 0 Å². The molecule has 0 aliphatic heterocycles. The maximum atomic E-state index is 12.7. The number of amides is 2. The molecule has 1 atom stereocenters. The van der Waals surface area contributed by atoms with Gasteiger partial charge in [0, 0.05) is 6.04 Å². The second-order valence-corrected chi connectivity index (χ2v) is 6.03. The van der Waals surface area contributed by atoms with Gasteiger partial charge in [0.25, 0.3) is 5.91 Å². The molecule has 0 saturated carbocycles. The van der Waals surface area contributed by atoms with E-state index in [1.54, 1.807) is 18.2 Å². The third-order valence-electron chi connectivity index (χ3n) is 3.78. The van der Waals surface area contributed by atoms with E-state index in [1.807, 2.05) is 57.2 Å². The number of nitrogens with one attached hydrogen (secondary N) is 2. The van der Waals surface area contributed by atoms with E-state index >= 15 is 0 Å². The van der Waals surface area contributed by atoms with Gasteiger partial charge in [-0.2, -0.15) is 0 Å². The van der Waals surface area contributed by atoms with Gasteiger partial charge in [0.15, 0.2) is 0 Å². The quantitative estimate of drug-likeness (QED) is 0.845. The number of benzene rings is 2. The second kappa shape index (κ2) is 8.29. The molecule has 0 heterocycles. The molecule has 2 aromatic rings. The lowest BCUT2D eigenvalue weighted by molar-refractivity contribution is -0.117. The standard InChI is InChI=1S/C20H24N2O2/c1-4-16(15-10-6-5-7-11-15)19(23)22-18-13-9-8-12-17(18)20(24)21-14(2)3/h5-14,16H,4H2,1-3H3,(H,21,24)(H,22,23)/t16-/m1/s1. The van der Waals surface area contributed by atoms with Crippen molar-refractivity contribution >= 4 is 17.5 Å². The predicted molar refractivity (Wildman–Crippen MR) is 97.1 cm³/mol. The molecule has 2 rings (SSSR count). The number of para-hydroxylation sites is 1. The minimum atomic E-state index is -0.243. The smallest absolute Gasteiger partial charge is 0.253 e. The molecule has 2 aromatic carbocycles. The molecule has 0 aromatic heterocycles. The van der Waals surface area contributed by atoms with E-state index in [4.69, 9.17) is 0 Å². The molecule has 0 aliphatic carbocycles. The summed E-state index contributed by atoms with van der Waals surface area (Å²) in [5.74, 6) is -0.533. The number of carbonyl (C=O) groups excluding carboxylic acids is 2. The third kappa shape index (κ3) is 4.44. The number of carbonyl (C=O) groups is 2. The molecule has 2 amide bonds. The van der Waals surface area contributed by atoms with Gasteiger partial charge in [-0.3, -0.25) is 9.59 Å². The lowest BCUT2D eigenvalue weighted by Gasteiger charge is -2.17. The molecular formula is C20H24N2O2. The van der Waals surface area contributed by atoms with Crippen molar-refractivity contribution in [3.05, 3.63) is 65.7 Å². The summed E-state index contributed by atoms with van der Waals surface area (Å²) < 4.78 is 0. The summed E-state index contributed by atoms with van der Waals surface area (Å²) >= 11 is 0. The van der Waals surface area contributed by atoms with Crippen molar-refractivity contribution < 1.29 is 9.59 Å². The van der Waals surface area contributed by atoms with Gasteiger partial charge in [-0.15, -0.1) is 0 Å². The van der Waals surface area contributed by atoms with Crippen LogP contribution in [-0.4, -0.2) is 17.9 Å². The summed E-state index contributed by atoms with van der Waals surface area (Å²) in [5, 5.41) is 5.77. The highest BCUT2D eigenvalue weighted by Crippen LogP contribution is 2.23. The Labute approximate surface area is 143 Å². The van der Waals surface area contributed by atoms with E-state index < -0.39 is 0 Å². The van der Waals surface area contributed by atoms with E-state index in [9.17, 15) is 9.59 Å². The minimum Gasteiger partial charge on any atom is -0.350 e. The van der Waals surface area contributed by atoms with E-state index in [-0.39, 0.29) is 23.8 Å². The van der Waals surface area contributed by atoms with Crippen LogP contribution in [0.1, 0.15) is 49.0 Å². The largest absolute Gasteiger partial charge is 0.350 e. The Morgan fingerprint density at radius 3 is 2.21 bits per heavy atom. The fourth-order valence-corrected chi connectivity index (χ4v) is 2.61. The van der Waals surface area contributed by atoms with Gasteiger partial charge < -0.3 is 10.6 Å². The molecule has 0 aliphatic rings.